The normalized spacial score (nSPS) is 23.9. The quantitative estimate of drug-likeness (QED) is 0.785. The fourth-order valence-corrected chi connectivity index (χ4v) is 3.76. The highest BCUT2D eigenvalue weighted by Crippen LogP contribution is 2.48. The van der Waals surface area contributed by atoms with Gasteiger partial charge in [-0.2, -0.15) is 18.4 Å². The van der Waals surface area contributed by atoms with E-state index in [1.807, 2.05) is 17.0 Å². The third-order valence-corrected chi connectivity index (χ3v) is 5.55. The van der Waals surface area contributed by atoms with E-state index < -0.39 is 17.6 Å². The number of nitrogens with zero attached hydrogens (tertiary/aromatic N) is 4. The zero-order chi connectivity index (χ0) is 22.1. The van der Waals surface area contributed by atoms with E-state index in [0.717, 1.165) is 5.56 Å². The number of carbonyl (C=O) groups is 3. The number of hydrogen-bond acceptors (Lipinski definition) is 5. The molecule has 2 atom stereocenters. The molecule has 1 saturated carbocycles. The van der Waals surface area contributed by atoms with E-state index in [1.54, 1.807) is 17.3 Å². The number of aliphatic carboxylic acids is 1. The summed E-state index contributed by atoms with van der Waals surface area (Å²) >= 11 is 0. The number of halogens is 3. The molecule has 160 valence electrons. The highest BCUT2D eigenvalue weighted by Gasteiger charge is 2.56. The largest absolute Gasteiger partial charge is 0.490 e. The standard InChI is InChI=1S/C17H18N4O2.C2HF3O2/c18-11-17(3-4-17)16(23)21-9-13-8-20(15(22)14(13)10-21)7-12-1-5-19-6-2-12;3-2(4,5)1(6)7/h1-2,5-6,13-14H,3-4,7-10H2;(H,6,7)/t13-,14+;/m1./s1. The van der Waals surface area contributed by atoms with Gasteiger partial charge in [0.2, 0.25) is 11.8 Å². The Labute approximate surface area is 169 Å². The molecule has 1 aromatic heterocycles. The Morgan fingerprint density at radius 1 is 1.23 bits per heavy atom. The van der Waals surface area contributed by atoms with Gasteiger partial charge in [-0.25, -0.2) is 4.79 Å². The minimum atomic E-state index is -5.08. The number of pyridine rings is 1. The molecule has 0 unspecified atom stereocenters. The van der Waals surface area contributed by atoms with Crippen LogP contribution in [-0.4, -0.2) is 63.5 Å². The fraction of sp³-hybridized carbons (Fsp3) is 0.526. The average Bonchev–Trinajstić information content (AvgIpc) is 3.32. The molecule has 30 heavy (non-hydrogen) atoms. The molecule has 0 bridgehead atoms. The number of aromatic nitrogens is 1. The molecule has 3 heterocycles. The lowest BCUT2D eigenvalue weighted by atomic mass is 10.0. The second-order valence-electron chi connectivity index (χ2n) is 7.65. The number of carboxylic acid groups (broad SMARTS) is 1. The molecule has 2 aliphatic heterocycles. The van der Waals surface area contributed by atoms with Gasteiger partial charge in [-0.05, 0) is 30.5 Å². The molecule has 0 spiro atoms. The highest BCUT2D eigenvalue weighted by molar-refractivity contribution is 5.90. The van der Waals surface area contributed by atoms with Crippen molar-refractivity contribution in [2.24, 2.45) is 17.3 Å². The van der Waals surface area contributed by atoms with Crippen LogP contribution in [0.3, 0.4) is 0 Å². The van der Waals surface area contributed by atoms with Crippen LogP contribution in [0.15, 0.2) is 24.5 Å². The highest BCUT2D eigenvalue weighted by atomic mass is 19.4. The maximum atomic E-state index is 12.6. The van der Waals surface area contributed by atoms with Crippen LogP contribution >= 0.6 is 0 Å². The van der Waals surface area contributed by atoms with Crippen molar-refractivity contribution in [3.05, 3.63) is 30.1 Å². The first-order valence-corrected chi connectivity index (χ1v) is 9.26. The topological polar surface area (TPSA) is 115 Å². The maximum absolute atomic E-state index is 12.6. The number of carboxylic acids is 1. The van der Waals surface area contributed by atoms with Crippen molar-refractivity contribution in [1.29, 1.82) is 5.26 Å². The summed E-state index contributed by atoms with van der Waals surface area (Å²) < 4.78 is 31.7. The zero-order valence-corrected chi connectivity index (χ0v) is 15.8. The van der Waals surface area contributed by atoms with Gasteiger partial charge in [0.25, 0.3) is 0 Å². The molecule has 8 nitrogen and oxygen atoms in total. The van der Waals surface area contributed by atoms with E-state index in [-0.39, 0.29) is 23.7 Å². The van der Waals surface area contributed by atoms with E-state index in [2.05, 4.69) is 11.1 Å². The van der Waals surface area contributed by atoms with Crippen LogP contribution in [0.5, 0.6) is 0 Å². The van der Waals surface area contributed by atoms with Gasteiger partial charge in [-0.3, -0.25) is 14.6 Å². The summed E-state index contributed by atoms with van der Waals surface area (Å²) in [6.07, 6.45) is -0.297. The molecule has 0 aromatic carbocycles. The molecule has 1 aromatic rings. The summed E-state index contributed by atoms with van der Waals surface area (Å²) in [5, 5.41) is 16.3. The number of amides is 2. The molecule has 1 aliphatic carbocycles. The van der Waals surface area contributed by atoms with Crippen LogP contribution in [0, 0.1) is 28.6 Å². The van der Waals surface area contributed by atoms with Crippen LogP contribution in [0.25, 0.3) is 0 Å². The zero-order valence-electron chi connectivity index (χ0n) is 15.8. The van der Waals surface area contributed by atoms with Crippen LogP contribution in [-0.2, 0) is 20.9 Å². The van der Waals surface area contributed by atoms with Gasteiger partial charge in [0.15, 0.2) is 0 Å². The van der Waals surface area contributed by atoms with Gasteiger partial charge in [0.05, 0.1) is 12.0 Å². The predicted molar refractivity (Wildman–Crippen MR) is 94.2 cm³/mol. The summed E-state index contributed by atoms with van der Waals surface area (Å²) in [5.74, 6) is -2.60. The van der Waals surface area contributed by atoms with Gasteiger partial charge in [-0.1, -0.05) is 0 Å². The number of carbonyl (C=O) groups excluding carboxylic acids is 2. The second kappa shape index (κ2) is 7.93. The van der Waals surface area contributed by atoms with Crippen LogP contribution in [0.4, 0.5) is 13.2 Å². The Balaban J connectivity index is 0.000000318. The van der Waals surface area contributed by atoms with Crippen molar-refractivity contribution < 1.29 is 32.7 Å². The monoisotopic (exact) mass is 424 g/mol. The molecule has 1 N–H and O–H groups in total. The summed E-state index contributed by atoms with van der Waals surface area (Å²) in [6, 6.07) is 5.99. The number of hydrogen-bond donors (Lipinski definition) is 1. The van der Waals surface area contributed by atoms with E-state index in [9.17, 15) is 28.0 Å². The molecule has 11 heteroatoms. The summed E-state index contributed by atoms with van der Waals surface area (Å²) in [4.78, 5) is 41.6. The Kier molecular flexibility index (Phi) is 5.70. The first-order chi connectivity index (χ1) is 14.1. The van der Waals surface area contributed by atoms with Gasteiger partial charge in [0.1, 0.15) is 5.41 Å². The smallest absolute Gasteiger partial charge is 0.475 e. The third kappa shape index (κ3) is 4.37. The number of likely N-dealkylation sites (tertiary alicyclic amines) is 2. The van der Waals surface area contributed by atoms with E-state index >= 15 is 0 Å². The minimum absolute atomic E-state index is 0.0668. The van der Waals surface area contributed by atoms with Crippen LogP contribution in [0.2, 0.25) is 0 Å². The number of nitriles is 1. The van der Waals surface area contributed by atoms with Crippen molar-refractivity contribution in [3.63, 3.8) is 0 Å². The van der Waals surface area contributed by atoms with E-state index in [1.165, 1.54) is 0 Å². The van der Waals surface area contributed by atoms with Crippen LogP contribution in [0.1, 0.15) is 18.4 Å². The second-order valence-corrected chi connectivity index (χ2v) is 7.65. The Morgan fingerprint density at radius 3 is 2.30 bits per heavy atom. The summed E-state index contributed by atoms with van der Waals surface area (Å²) in [7, 11) is 0. The number of alkyl halides is 3. The Hall–Kier alpha value is -3.16. The lowest BCUT2D eigenvalue weighted by Crippen LogP contribution is -2.38. The van der Waals surface area contributed by atoms with Gasteiger partial charge in [0, 0.05) is 44.5 Å². The average molecular weight is 424 g/mol. The van der Waals surface area contributed by atoms with Gasteiger partial charge >= 0.3 is 12.1 Å². The van der Waals surface area contributed by atoms with Crippen molar-refractivity contribution in [1.82, 2.24) is 14.8 Å². The third-order valence-electron chi connectivity index (χ3n) is 5.55. The maximum Gasteiger partial charge on any atom is 0.490 e. The Morgan fingerprint density at radius 2 is 1.83 bits per heavy atom. The first kappa shape index (κ1) is 21.5. The molecule has 3 aliphatic rings. The fourth-order valence-electron chi connectivity index (χ4n) is 3.76. The lowest BCUT2D eigenvalue weighted by molar-refractivity contribution is -0.192. The van der Waals surface area contributed by atoms with Crippen molar-refractivity contribution >= 4 is 17.8 Å². The molecule has 3 fully saturated rings. The molecule has 4 rings (SSSR count). The summed E-state index contributed by atoms with van der Waals surface area (Å²) in [6.45, 7) is 2.36. The number of fused-ring (bicyclic) bond motifs is 1. The lowest BCUT2D eigenvalue weighted by Gasteiger charge is -2.23. The van der Waals surface area contributed by atoms with E-state index in [0.29, 0.717) is 39.0 Å². The van der Waals surface area contributed by atoms with Crippen LogP contribution < -0.4 is 0 Å². The van der Waals surface area contributed by atoms with Crippen molar-refractivity contribution in [3.8, 4) is 6.07 Å². The van der Waals surface area contributed by atoms with Crippen molar-refractivity contribution in [2.75, 3.05) is 19.6 Å². The minimum Gasteiger partial charge on any atom is -0.475 e. The van der Waals surface area contributed by atoms with E-state index in [4.69, 9.17) is 9.90 Å². The van der Waals surface area contributed by atoms with Crippen molar-refractivity contribution in [2.45, 2.75) is 25.6 Å². The molecular weight excluding hydrogens is 405 g/mol. The van der Waals surface area contributed by atoms with Gasteiger partial charge < -0.3 is 14.9 Å². The number of rotatable bonds is 3. The molecular formula is C19H19F3N4O4. The Bertz CT molecular complexity index is 880. The molecule has 2 saturated heterocycles. The summed E-state index contributed by atoms with van der Waals surface area (Å²) in [5.41, 5.74) is 0.293. The SMILES string of the molecule is N#CC1(C(=O)N2C[C@H]3CN(Cc4ccncc4)C(=O)[C@H]3C2)CC1.O=C(O)C(F)(F)F. The first-order valence-electron chi connectivity index (χ1n) is 9.26. The molecule has 2 amide bonds. The predicted octanol–water partition coefficient (Wildman–Crippen LogP) is 1.44. The molecule has 0 radical (unpaired) electrons. The van der Waals surface area contributed by atoms with Gasteiger partial charge in [-0.15, -0.1) is 0 Å².